The van der Waals surface area contributed by atoms with Gasteiger partial charge in [-0.15, -0.1) is 0 Å². The minimum absolute atomic E-state index is 0.105. The maximum absolute atomic E-state index is 14.4. The number of nitrogens with one attached hydrogen (secondary N) is 1. The van der Waals surface area contributed by atoms with E-state index in [0.717, 1.165) is 52.1 Å². The summed E-state index contributed by atoms with van der Waals surface area (Å²) >= 11 is 6.20. The van der Waals surface area contributed by atoms with Gasteiger partial charge in [-0.3, -0.25) is 4.90 Å². The zero-order valence-corrected chi connectivity index (χ0v) is 21.4. The predicted molar refractivity (Wildman–Crippen MR) is 141 cm³/mol. The highest BCUT2D eigenvalue weighted by atomic mass is 35.5. The van der Waals surface area contributed by atoms with Crippen LogP contribution in [-0.2, 0) is 12.7 Å². The molecule has 4 rings (SSSR count). The molecule has 0 spiro atoms. The van der Waals surface area contributed by atoms with E-state index in [9.17, 15) is 17.6 Å². The summed E-state index contributed by atoms with van der Waals surface area (Å²) in [5.41, 5.74) is 1.18. The van der Waals surface area contributed by atoms with Gasteiger partial charge in [-0.1, -0.05) is 24.6 Å². The van der Waals surface area contributed by atoms with E-state index in [2.05, 4.69) is 5.32 Å². The van der Waals surface area contributed by atoms with Crippen LogP contribution < -0.4 is 10.1 Å². The summed E-state index contributed by atoms with van der Waals surface area (Å²) < 4.78 is 60.2. The first kappa shape index (κ1) is 26.9. The maximum Gasteiger partial charge on any atom is 0.416 e. The van der Waals surface area contributed by atoms with Crippen molar-refractivity contribution in [3.63, 3.8) is 0 Å². The minimum Gasteiger partial charge on any atom is -0.497 e. The lowest BCUT2D eigenvalue weighted by Gasteiger charge is -2.24. The van der Waals surface area contributed by atoms with Crippen LogP contribution >= 0.6 is 11.6 Å². The van der Waals surface area contributed by atoms with Gasteiger partial charge in [0, 0.05) is 41.0 Å². The molecule has 0 saturated heterocycles. The number of hydrogen-bond donors (Lipinski definition) is 1. The number of rotatable bonds is 10. The Hall–Kier alpha value is -3.10. The molecule has 196 valence electrons. The molecule has 0 aliphatic carbocycles. The Balaban J connectivity index is 1.53. The topological polar surface area (TPSA) is 37.4 Å². The molecule has 4 aromatic rings. The Morgan fingerprint density at radius 1 is 1.00 bits per heavy atom. The lowest BCUT2D eigenvalue weighted by molar-refractivity contribution is -0.138. The SMILES string of the molecule is CCCN(CCCNc1c2ccc(Cl)cc2nc2ccc(OC)cc12)Cc1c(F)cccc1C(F)(F)F. The number of anilines is 1. The van der Waals surface area contributed by atoms with Crippen molar-refractivity contribution in [3.8, 4) is 5.75 Å². The molecule has 0 atom stereocenters. The summed E-state index contributed by atoms with van der Waals surface area (Å²) in [7, 11) is 1.60. The number of aromatic nitrogens is 1. The second-order valence-electron chi connectivity index (χ2n) is 8.85. The van der Waals surface area contributed by atoms with E-state index in [-0.39, 0.29) is 12.1 Å². The summed E-state index contributed by atoms with van der Waals surface area (Å²) in [6.07, 6.45) is -3.23. The fourth-order valence-corrected chi connectivity index (χ4v) is 4.69. The van der Waals surface area contributed by atoms with Crippen LogP contribution in [0, 0.1) is 5.82 Å². The average Bonchev–Trinajstić information content (AvgIpc) is 2.86. The van der Waals surface area contributed by atoms with Gasteiger partial charge >= 0.3 is 6.18 Å². The molecule has 37 heavy (non-hydrogen) atoms. The van der Waals surface area contributed by atoms with Crippen LogP contribution in [0.15, 0.2) is 54.6 Å². The summed E-state index contributed by atoms with van der Waals surface area (Å²) in [6, 6.07) is 14.3. The van der Waals surface area contributed by atoms with Crippen LogP contribution in [0.4, 0.5) is 23.2 Å². The highest BCUT2D eigenvalue weighted by molar-refractivity contribution is 6.31. The Morgan fingerprint density at radius 2 is 1.81 bits per heavy atom. The molecule has 0 saturated carbocycles. The highest BCUT2D eigenvalue weighted by Gasteiger charge is 2.34. The quantitative estimate of drug-likeness (QED) is 0.128. The minimum atomic E-state index is -4.61. The predicted octanol–water partition coefficient (Wildman–Crippen LogP) is 7.92. The number of ether oxygens (including phenoxy) is 1. The fraction of sp³-hybridized carbons (Fsp3) is 0.321. The van der Waals surface area contributed by atoms with Gasteiger partial charge in [0.1, 0.15) is 11.6 Å². The molecule has 1 aromatic heterocycles. The van der Waals surface area contributed by atoms with Crippen LogP contribution in [0.5, 0.6) is 5.75 Å². The molecular formula is C28H28ClF4N3O. The van der Waals surface area contributed by atoms with Gasteiger partial charge in [0.25, 0.3) is 0 Å². The van der Waals surface area contributed by atoms with E-state index >= 15 is 0 Å². The molecule has 0 amide bonds. The number of halogens is 5. The standard InChI is InChI=1S/C28H28ClF4N3O/c1-3-13-36(17-22-23(28(31,32)33)6-4-7-24(22)30)14-5-12-34-27-20-10-8-18(29)15-26(20)35-25-11-9-19(37-2)16-21(25)27/h4,6-11,15-16H,3,5,12-14,17H2,1-2H3,(H,34,35). The van der Waals surface area contributed by atoms with Crippen molar-refractivity contribution in [3.05, 3.63) is 76.6 Å². The zero-order chi connectivity index (χ0) is 26.6. The number of benzene rings is 3. The summed E-state index contributed by atoms with van der Waals surface area (Å²) in [5.74, 6) is -0.137. The molecule has 3 aromatic carbocycles. The van der Waals surface area contributed by atoms with Gasteiger partial charge in [0.05, 0.1) is 29.4 Å². The Morgan fingerprint density at radius 3 is 2.54 bits per heavy atom. The fourth-order valence-electron chi connectivity index (χ4n) is 4.52. The Kier molecular flexibility index (Phi) is 8.39. The van der Waals surface area contributed by atoms with Crippen molar-refractivity contribution < 1.29 is 22.3 Å². The van der Waals surface area contributed by atoms with Crippen molar-refractivity contribution in [2.24, 2.45) is 0 Å². The van der Waals surface area contributed by atoms with Gasteiger partial charge in [0.2, 0.25) is 0 Å². The largest absolute Gasteiger partial charge is 0.497 e. The maximum atomic E-state index is 14.4. The van der Waals surface area contributed by atoms with Crippen molar-refractivity contribution >= 4 is 39.1 Å². The van der Waals surface area contributed by atoms with Crippen molar-refractivity contribution in [2.45, 2.75) is 32.5 Å². The first-order valence-electron chi connectivity index (χ1n) is 12.1. The Labute approximate surface area is 218 Å². The van der Waals surface area contributed by atoms with Crippen molar-refractivity contribution in [1.29, 1.82) is 0 Å². The summed E-state index contributed by atoms with van der Waals surface area (Å²) in [6.45, 7) is 3.46. The monoisotopic (exact) mass is 533 g/mol. The normalized spacial score (nSPS) is 12.0. The summed E-state index contributed by atoms with van der Waals surface area (Å²) in [5, 5.41) is 5.86. The first-order chi connectivity index (χ1) is 17.7. The third-order valence-electron chi connectivity index (χ3n) is 6.24. The van der Waals surface area contributed by atoms with Crippen molar-refractivity contribution in [2.75, 3.05) is 32.1 Å². The summed E-state index contributed by atoms with van der Waals surface area (Å²) in [4.78, 5) is 6.58. The van der Waals surface area contributed by atoms with Crippen LogP contribution in [0.25, 0.3) is 21.8 Å². The van der Waals surface area contributed by atoms with Gasteiger partial charge in [-0.05, 0) is 67.9 Å². The van der Waals surface area contributed by atoms with E-state index in [1.165, 1.54) is 0 Å². The van der Waals surface area contributed by atoms with E-state index in [1.807, 2.05) is 36.1 Å². The molecule has 1 N–H and O–H groups in total. The highest BCUT2D eigenvalue weighted by Crippen LogP contribution is 2.35. The lowest BCUT2D eigenvalue weighted by Crippen LogP contribution is -2.28. The van der Waals surface area contributed by atoms with Gasteiger partial charge in [-0.25, -0.2) is 9.37 Å². The van der Waals surface area contributed by atoms with Crippen molar-refractivity contribution in [1.82, 2.24) is 9.88 Å². The molecule has 0 bridgehead atoms. The third-order valence-corrected chi connectivity index (χ3v) is 6.48. The van der Waals surface area contributed by atoms with E-state index < -0.39 is 17.6 Å². The average molecular weight is 534 g/mol. The molecule has 0 unspecified atom stereocenters. The van der Waals surface area contributed by atoms with Gasteiger partial charge in [-0.2, -0.15) is 13.2 Å². The molecule has 1 heterocycles. The molecule has 0 aliphatic rings. The second-order valence-corrected chi connectivity index (χ2v) is 9.29. The molecule has 4 nitrogen and oxygen atoms in total. The third kappa shape index (κ3) is 6.25. The number of hydrogen-bond acceptors (Lipinski definition) is 4. The number of fused-ring (bicyclic) bond motifs is 2. The number of pyridine rings is 1. The smallest absolute Gasteiger partial charge is 0.416 e. The molecule has 9 heteroatoms. The van der Waals surface area contributed by atoms with E-state index in [0.29, 0.717) is 36.8 Å². The molecule has 0 radical (unpaired) electrons. The molecule has 0 aliphatic heterocycles. The molecular weight excluding hydrogens is 506 g/mol. The number of methoxy groups -OCH3 is 1. The zero-order valence-electron chi connectivity index (χ0n) is 20.6. The first-order valence-corrected chi connectivity index (χ1v) is 12.5. The second kappa shape index (κ2) is 11.5. The lowest BCUT2D eigenvalue weighted by atomic mass is 10.1. The van der Waals surface area contributed by atoms with Crippen LogP contribution in [-0.4, -0.2) is 36.6 Å². The Bertz CT molecular complexity index is 1390. The number of alkyl halides is 3. The van der Waals surface area contributed by atoms with Crippen LogP contribution in [0.2, 0.25) is 5.02 Å². The van der Waals surface area contributed by atoms with Crippen LogP contribution in [0.3, 0.4) is 0 Å². The van der Waals surface area contributed by atoms with E-state index in [1.54, 1.807) is 19.2 Å². The number of nitrogens with zero attached hydrogens (tertiary/aromatic N) is 2. The van der Waals surface area contributed by atoms with Gasteiger partial charge in [0.15, 0.2) is 0 Å². The van der Waals surface area contributed by atoms with Crippen LogP contribution in [0.1, 0.15) is 30.9 Å². The molecule has 0 fully saturated rings. The van der Waals surface area contributed by atoms with E-state index in [4.69, 9.17) is 21.3 Å². The van der Waals surface area contributed by atoms with Gasteiger partial charge < -0.3 is 10.1 Å².